The van der Waals surface area contributed by atoms with Crippen molar-refractivity contribution in [3.05, 3.63) is 57.8 Å². The Hall–Kier alpha value is -2.02. The number of hydrogen-bond donors (Lipinski definition) is 2. The molecule has 104 valence electrons. The first-order valence-electron chi connectivity index (χ1n) is 5.39. The number of rotatable bonds is 2. The van der Waals surface area contributed by atoms with Gasteiger partial charge in [0.05, 0.1) is 11.3 Å². The third-order valence-corrected chi connectivity index (χ3v) is 3.19. The standard InChI is InChI=1S/C13H8BrF3N2O/c14-9-2-1-6(15)3-8(9)13(20)19-12-10(17)4-7(16)5-11(12)18/h1-5H,18H2,(H,19,20). The molecule has 2 rings (SSSR count). The Kier molecular flexibility index (Phi) is 3.99. The van der Waals surface area contributed by atoms with Crippen LogP contribution in [-0.4, -0.2) is 5.91 Å². The summed E-state index contributed by atoms with van der Waals surface area (Å²) in [7, 11) is 0. The highest BCUT2D eigenvalue weighted by Gasteiger charge is 2.16. The molecule has 0 aliphatic rings. The molecule has 20 heavy (non-hydrogen) atoms. The van der Waals surface area contributed by atoms with Gasteiger partial charge in [0.15, 0.2) is 5.82 Å². The number of halogens is 4. The van der Waals surface area contributed by atoms with Crippen molar-refractivity contribution < 1.29 is 18.0 Å². The van der Waals surface area contributed by atoms with Crippen LogP contribution in [0.2, 0.25) is 0 Å². The summed E-state index contributed by atoms with van der Waals surface area (Å²) in [6.07, 6.45) is 0. The lowest BCUT2D eigenvalue weighted by molar-refractivity contribution is 0.102. The lowest BCUT2D eigenvalue weighted by Crippen LogP contribution is -2.15. The van der Waals surface area contributed by atoms with Gasteiger partial charge in [-0.15, -0.1) is 0 Å². The first kappa shape index (κ1) is 14.4. The van der Waals surface area contributed by atoms with E-state index in [1.165, 1.54) is 6.07 Å². The van der Waals surface area contributed by atoms with E-state index < -0.39 is 23.4 Å². The van der Waals surface area contributed by atoms with E-state index in [0.717, 1.165) is 18.2 Å². The van der Waals surface area contributed by atoms with E-state index >= 15 is 0 Å². The van der Waals surface area contributed by atoms with Gasteiger partial charge in [-0.1, -0.05) is 0 Å². The molecular formula is C13H8BrF3N2O. The fourth-order valence-electron chi connectivity index (χ4n) is 1.58. The van der Waals surface area contributed by atoms with Crippen molar-refractivity contribution in [1.29, 1.82) is 0 Å². The normalized spacial score (nSPS) is 10.4. The van der Waals surface area contributed by atoms with Crippen LogP contribution in [0.3, 0.4) is 0 Å². The molecule has 2 aromatic rings. The number of carbonyl (C=O) groups is 1. The average Bonchev–Trinajstić information content (AvgIpc) is 2.36. The van der Waals surface area contributed by atoms with E-state index in [9.17, 15) is 18.0 Å². The smallest absolute Gasteiger partial charge is 0.257 e. The summed E-state index contributed by atoms with van der Waals surface area (Å²) >= 11 is 3.08. The minimum Gasteiger partial charge on any atom is -0.397 e. The summed E-state index contributed by atoms with van der Waals surface area (Å²) < 4.78 is 39.9. The molecule has 3 nitrogen and oxygen atoms in total. The number of hydrogen-bond acceptors (Lipinski definition) is 2. The zero-order valence-electron chi connectivity index (χ0n) is 9.88. The van der Waals surface area contributed by atoms with Crippen molar-refractivity contribution >= 4 is 33.2 Å². The molecule has 7 heteroatoms. The molecule has 1 amide bonds. The van der Waals surface area contributed by atoms with Crippen molar-refractivity contribution in [2.45, 2.75) is 0 Å². The Balaban J connectivity index is 2.35. The second kappa shape index (κ2) is 5.54. The van der Waals surface area contributed by atoms with Crippen molar-refractivity contribution in [2.24, 2.45) is 0 Å². The number of benzene rings is 2. The van der Waals surface area contributed by atoms with Gasteiger partial charge in [0.25, 0.3) is 5.91 Å². The SMILES string of the molecule is Nc1cc(F)cc(F)c1NC(=O)c1cc(F)ccc1Br. The maximum Gasteiger partial charge on any atom is 0.257 e. The Bertz CT molecular complexity index is 668. The summed E-state index contributed by atoms with van der Waals surface area (Å²) in [6.45, 7) is 0. The van der Waals surface area contributed by atoms with Gasteiger partial charge in [0.2, 0.25) is 0 Å². The molecule has 0 saturated heterocycles. The quantitative estimate of drug-likeness (QED) is 0.816. The highest BCUT2D eigenvalue weighted by molar-refractivity contribution is 9.10. The molecule has 2 aromatic carbocycles. The van der Waals surface area contributed by atoms with Crippen molar-refractivity contribution in [1.82, 2.24) is 0 Å². The molecule has 0 aliphatic carbocycles. The summed E-state index contributed by atoms with van der Waals surface area (Å²) in [6, 6.07) is 4.95. The van der Waals surface area contributed by atoms with Gasteiger partial charge in [0.1, 0.15) is 17.3 Å². The number of carbonyl (C=O) groups excluding carboxylic acids is 1. The highest BCUT2D eigenvalue weighted by Crippen LogP contribution is 2.26. The second-order valence-electron chi connectivity index (χ2n) is 3.93. The average molecular weight is 345 g/mol. The molecule has 0 radical (unpaired) electrons. The lowest BCUT2D eigenvalue weighted by Gasteiger charge is -2.10. The highest BCUT2D eigenvalue weighted by atomic mass is 79.9. The fourth-order valence-corrected chi connectivity index (χ4v) is 2.00. The topological polar surface area (TPSA) is 55.1 Å². The van der Waals surface area contributed by atoms with Crippen LogP contribution in [0.1, 0.15) is 10.4 Å². The lowest BCUT2D eigenvalue weighted by atomic mass is 10.2. The number of nitrogens with one attached hydrogen (secondary N) is 1. The largest absolute Gasteiger partial charge is 0.397 e. The van der Waals surface area contributed by atoms with Crippen molar-refractivity contribution in [3.63, 3.8) is 0 Å². The van der Waals surface area contributed by atoms with E-state index in [0.29, 0.717) is 10.5 Å². The number of nitrogen functional groups attached to an aromatic ring is 1. The molecule has 0 aromatic heterocycles. The number of anilines is 2. The van der Waals surface area contributed by atoms with E-state index in [2.05, 4.69) is 21.2 Å². The summed E-state index contributed by atoms with van der Waals surface area (Å²) in [5, 5.41) is 2.19. The first-order chi connectivity index (χ1) is 9.38. The van der Waals surface area contributed by atoms with E-state index in [1.54, 1.807) is 0 Å². The third kappa shape index (κ3) is 2.93. The molecule has 0 heterocycles. The first-order valence-corrected chi connectivity index (χ1v) is 6.18. The number of amides is 1. The van der Waals surface area contributed by atoms with Gasteiger partial charge in [-0.05, 0) is 40.2 Å². The molecule has 0 atom stereocenters. The monoisotopic (exact) mass is 344 g/mol. The minimum atomic E-state index is -1.01. The Labute approximate surface area is 120 Å². The van der Waals surface area contributed by atoms with E-state index in [1.807, 2.05) is 0 Å². The van der Waals surface area contributed by atoms with Crippen LogP contribution in [0, 0.1) is 17.5 Å². The predicted molar refractivity (Wildman–Crippen MR) is 72.8 cm³/mol. The zero-order chi connectivity index (χ0) is 14.9. The molecule has 0 fully saturated rings. The van der Waals surface area contributed by atoms with Crippen LogP contribution >= 0.6 is 15.9 Å². The third-order valence-electron chi connectivity index (χ3n) is 2.50. The molecule has 0 aliphatic heterocycles. The van der Waals surface area contributed by atoms with Crippen molar-refractivity contribution in [3.8, 4) is 0 Å². The molecule has 3 N–H and O–H groups in total. The van der Waals surface area contributed by atoms with Gasteiger partial charge in [0, 0.05) is 10.5 Å². The number of nitrogens with two attached hydrogens (primary N) is 1. The van der Waals surface area contributed by atoms with Gasteiger partial charge in [-0.25, -0.2) is 13.2 Å². The predicted octanol–water partition coefficient (Wildman–Crippen LogP) is 3.70. The maximum absolute atomic E-state index is 13.5. The molecule has 0 bridgehead atoms. The van der Waals surface area contributed by atoms with Crippen LogP contribution in [0.15, 0.2) is 34.8 Å². The fraction of sp³-hybridized carbons (Fsp3) is 0. The van der Waals surface area contributed by atoms with Crippen molar-refractivity contribution in [2.75, 3.05) is 11.1 Å². The molecular weight excluding hydrogens is 337 g/mol. The summed E-state index contributed by atoms with van der Waals surface area (Å²) in [5.41, 5.74) is 4.79. The van der Waals surface area contributed by atoms with Gasteiger partial charge < -0.3 is 11.1 Å². The maximum atomic E-state index is 13.5. The van der Waals surface area contributed by atoms with Crippen LogP contribution in [0.5, 0.6) is 0 Å². The zero-order valence-corrected chi connectivity index (χ0v) is 11.5. The summed E-state index contributed by atoms with van der Waals surface area (Å²) in [5.74, 6) is -3.26. The van der Waals surface area contributed by atoms with Crippen LogP contribution in [0.4, 0.5) is 24.5 Å². The van der Waals surface area contributed by atoms with Crippen LogP contribution in [-0.2, 0) is 0 Å². The minimum absolute atomic E-state index is 0.0341. The second-order valence-corrected chi connectivity index (χ2v) is 4.78. The van der Waals surface area contributed by atoms with Gasteiger partial charge in [-0.3, -0.25) is 4.79 Å². The van der Waals surface area contributed by atoms with E-state index in [-0.39, 0.29) is 16.9 Å². The molecule has 0 spiro atoms. The van der Waals surface area contributed by atoms with Crippen LogP contribution in [0.25, 0.3) is 0 Å². The van der Waals surface area contributed by atoms with E-state index in [4.69, 9.17) is 5.73 Å². The van der Waals surface area contributed by atoms with Gasteiger partial charge in [-0.2, -0.15) is 0 Å². The molecule has 0 saturated carbocycles. The Morgan fingerprint density at radius 2 is 1.80 bits per heavy atom. The van der Waals surface area contributed by atoms with Crippen LogP contribution < -0.4 is 11.1 Å². The summed E-state index contributed by atoms with van der Waals surface area (Å²) in [4.78, 5) is 12.0. The Morgan fingerprint density at radius 3 is 2.45 bits per heavy atom. The van der Waals surface area contributed by atoms with Gasteiger partial charge >= 0.3 is 0 Å². The Morgan fingerprint density at radius 1 is 1.10 bits per heavy atom. The molecule has 0 unspecified atom stereocenters.